The van der Waals surface area contributed by atoms with Crippen LogP contribution in [0.3, 0.4) is 0 Å². The van der Waals surface area contributed by atoms with E-state index in [0.717, 1.165) is 44.1 Å². The number of morpholine rings is 1. The van der Waals surface area contributed by atoms with Gasteiger partial charge in [-0.2, -0.15) is 5.26 Å². The minimum absolute atomic E-state index is 0.251. The zero-order valence-electron chi connectivity index (χ0n) is 15.1. The summed E-state index contributed by atoms with van der Waals surface area (Å²) in [6.07, 6.45) is 0.251. The zero-order chi connectivity index (χ0) is 18.2. The first-order chi connectivity index (χ1) is 12.7. The van der Waals surface area contributed by atoms with E-state index in [4.69, 9.17) is 14.7 Å². The van der Waals surface area contributed by atoms with Gasteiger partial charge < -0.3 is 19.7 Å². The summed E-state index contributed by atoms with van der Waals surface area (Å²) in [5.41, 5.74) is 2.82. The Balaban J connectivity index is 1.47. The predicted molar refractivity (Wildman–Crippen MR) is 101 cm³/mol. The summed E-state index contributed by atoms with van der Waals surface area (Å²) in [4.78, 5) is 2.30. The average molecular weight is 351 g/mol. The lowest BCUT2D eigenvalue weighted by Crippen LogP contribution is -2.44. The van der Waals surface area contributed by atoms with Crippen LogP contribution in [0.15, 0.2) is 48.5 Å². The molecule has 5 nitrogen and oxygen atoms in total. The molecule has 2 aromatic rings. The molecule has 1 heterocycles. The number of rotatable bonds is 7. The van der Waals surface area contributed by atoms with E-state index in [2.05, 4.69) is 35.5 Å². The molecule has 5 heteroatoms. The van der Waals surface area contributed by atoms with Gasteiger partial charge >= 0.3 is 0 Å². The molecule has 0 aliphatic carbocycles. The first-order valence-corrected chi connectivity index (χ1v) is 8.94. The molecule has 1 fully saturated rings. The molecule has 1 aliphatic rings. The van der Waals surface area contributed by atoms with E-state index in [-0.39, 0.29) is 6.10 Å². The van der Waals surface area contributed by atoms with Gasteiger partial charge in [0.05, 0.1) is 24.3 Å². The number of likely N-dealkylation sites (N-methyl/N-ethyl adjacent to an activating group) is 1. The number of hydrogen-bond acceptors (Lipinski definition) is 5. The maximum Gasteiger partial charge on any atom is 0.120 e. The van der Waals surface area contributed by atoms with Crippen LogP contribution < -0.4 is 10.1 Å². The Kier molecular flexibility index (Phi) is 6.62. The molecule has 1 saturated heterocycles. The molecule has 3 rings (SSSR count). The highest BCUT2D eigenvalue weighted by atomic mass is 16.5. The zero-order valence-corrected chi connectivity index (χ0v) is 15.1. The van der Waals surface area contributed by atoms with Crippen molar-refractivity contribution in [3.63, 3.8) is 0 Å². The van der Waals surface area contributed by atoms with E-state index in [1.807, 2.05) is 30.3 Å². The Morgan fingerprint density at radius 1 is 1.23 bits per heavy atom. The van der Waals surface area contributed by atoms with Crippen molar-refractivity contribution in [1.29, 1.82) is 5.26 Å². The van der Waals surface area contributed by atoms with E-state index in [1.54, 1.807) is 6.07 Å². The maximum absolute atomic E-state index is 8.97. The third-order valence-corrected chi connectivity index (χ3v) is 4.40. The summed E-state index contributed by atoms with van der Waals surface area (Å²) >= 11 is 0. The van der Waals surface area contributed by atoms with Crippen molar-refractivity contribution in [2.24, 2.45) is 0 Å². The van der Waals surface area contributed by atoms with Crippen molar-refractivity contribution in [2.45, 2.75) is 19.3 Å². The molecule has 1 unspecified atom stereocenters. The minimum Gasteiger partial charge on any atom is -0.489 e. The number of nitrogens with zero attached hydrogens (tertiary/aromatic N) is 2. The monoisotopic (exact) mass is 351 g/mol. The highest BCUT2D eigenvalue weighted by molar-refractivity contribution is 5.33. The van der Waals surface area contributed by atoms with Crippen LogP contribution in [-0.4, -0.2) is 44.3 Å². The van der Waals surface area contributed by atoms with Crippen LogP contribution in [0.5, 0.6) is 5.75 Å². The van der Waals surface area contributed by atoms with Crippen molar-refractivity contribution in [1.82, 2.24) is 10.2 Å². The van der Waals surface area contributed by atoms with Crippen molar-refractivity contribution >= 4 is 0 Å². The standard InChI is InChI=1S/C21H25N3O2/c1-24-8-9-25-21(15-24)14-23-13-18-5-3-7-20(11-18)26-16-19-6-2-4-17(10-19)12-22/h2-7,10-11,21,23H,8-9,13-16H2,1H3. The normalized spacial score (nSPS) is 17.6. The smallest absolute Gasteiger partial charge is 0.120 e. The van der Waals surface area contributed by atoms with E-state index in [0.29, 0.717) is 12.2 Å². The van der Waals surface area contributed by atoms with E-state index in [1.165, 1.54) is 5.56 Å². The van der Waals surface area contributed by atoms with Gasteiger partial charge in [-0.15, -0.1) is 0 Å². The Bertz CT molecular complexity index is 757. The van der Waals surface area contributed by atoms with Crippen LogP contribution in [0, 0.1) is 11.3 Å². The largest absolute Gasteiger partial charge is 0.489 e. The number of nitriles is 1. The fourth-order valence-electron chi connectivity index (χ4n) is 3.01. The fourth-order valence-corrected chi connectivity index (χ4v) is 3.01. The maximum atomic E-state index is 8.97. The van der Waals surface area contributed by atoms with Gasteiger partial charge in [-0.05, 0) is 42.4 Å². The molecule has 1 aliphatic heterocycles. The Morgan fingerprint density at radius 2 is 2.08 bits per heavy atom. The molecule has 2 aromatic carbocycles. The highest BCUT2D eigenvalue weighted by Crippen LogP contribution is 2.16. The molecule has 0 saturated carbocycles. The van der Waals surface area contributed by atoms with Gasteiger partial charge in [0.2, 0.25) is 0 Å². The lowest BCUT2D eigenvalue weighted by Gasteiger charge is -2.30. The van der Waals surface area contributed by atoms with Crippen molar-refractivity contribution in [3.05, 3.63) is 65.2 Å². The number of benzene rings is 2. The second kappa shape index (κ2) is 9.35. The summed E-state index contributed by atoms with van der Waals surface area (Å²) in [6, 6.07) is 17.7. The van der Waals surface area contributed by atoms with Crippen LogP contribution in [0.1, 0.15) is 16.7 Å². The molecular formula is C21H25N3O2. The van der Waals surface area contributed by atoms with Gasteiger partial charge in [0.25, 0.3) is 0 Å². The van der Waals surface area contributed by atoms with E-state index >= 15 is 0 Å². The number of nitrogens with one attached hydrogen (secondary N) is 1. The summed E-state index contributed by atoms with van der Waals surface area (Å²) in [5.74, 6) is 0.834. The second-order valence-electron chi connectivity index (χ2n) is 6.63. The van der Waals surface area contributed by atoms with Gasteiger partial charge in [-0.3, -0.25) is 0 Å². The minimum atomic E-state index is 0.251. The fraction of sp³-hybridized carbons (Fsp3) is 0.381. The van der Waals surface area contributed by atoms with Crippen LogP contribution in [-0.2, 0) is 17.9 Å². The quantitative estimate of drug-likeness (QED) is 0.831. The van der Waals surface area contributed by atoms with Crippen molar-refractivity contribution in [3.8, 4) is 11.8 Å². The molecular weight excluding hydrogens is 326 g/mol. The second-order valence-corrected chi connectivity index (χ2v) is 6.63. The number of ether oxygens (including phenoxy) is 2. The third kappa shape index (κ3) is 5.57. The average Bonchev–Trinajstić information content (AvgIpc) is 2.67. The summed E-state index contributed by atoms with van der Waals surface area (Å²) in [6.45, 7) is 4.86. The first-order valence-electron chi connectivity index (χ1n) is 8.94. The van der Waals surface area contributed by atoms with Crippen LogP contribution in [0.2, 0.25) is 0 Å². The molecule has 0 bridgehead atoms. The summed E-state index contributed by atoms with van der Waals surface area (Å²) in [7, 11) is 2.13. The molecule has 1 atom stereocenters. The van der Waals surface area contributed by atoms with Crippen LogP contribution in [0.25, 0.3) is 0 Å². The van der Waals surface area contributed by atoms with Crippen molar-refractivity contribution < 1.29 is 9.47 Å². The molecule has 136 valence electrons. The SMILES string of the molecule is CN1CCOC(CNCc2cccc(OCc3cccc(C#N)c3)c2)C1. The first kappa shape index (κ1) is 18.4. The Morgan fingerprint density at radius 3 is 2.92 bits per heavy atom. The Hall–Kier alpha value is -2.39. The molecule has 0 radical (unpaired) electrons. The molecule has 1 N–H and O–H groups in total. The Labute approximate surface area is 155 Å². The molecule has 0 spiro atoms. The lowest BCUT2D eigenvalue weighted by molar-refractivity contribution is -0.0182. The molecule has 0 aromatic heterocycles. The van der Waals surface area contributed by atoms with E-state index in [9.17, 15) is 0 Å². The molecule has 26 heavy (non-hydrogen) atoms. The topological polar surface area (TPSA) is 57.5 Å². The van der Waals surface area contributed by atoms with Gasteiger partial charge in [0.15, 0.2) is 0 Å². The van der Waals surface area contributed by atoms with Crippen LogP contribution in [0.4, 0.5) is 0 Å². The van der Waals surface area contributed by atoms with Gasteiger partial charge in [-0.1, -0.05) is 24.3 Å². The van der Waals surface area contributed by atoms with Crippen molar-refractivity contribution in [2.75, 3.05) is 33.3 Å². The van der Waals surface area contributed by atoms with Gasteiger partial charge in [-0.25, -0.2) is 0 Å². The molecule has 0 amide bonds. The summed E-state index contributed by atoms with van der Waals surface area (Å²) < 4.78 is 11.6. The lowest BCUT2D eigenvalue weighted by atomic mass is 10.1. The predicted octanol–water partition coefficient (Wildman–Crippen LogP) is 2.56. The van der Waals surface area contributed by atoms with Gasteiger partial charge in [0, 0.05) is 26.2 Å². The van der Waals surface area contributed by atoms with E-state index < -0.39 is 0 Å². The third-order valence-electron chi connectivity index (χ3n) is 4.40. The highest BCUT2D eigenvalue weighted by Gasteiger charge is 2.16. The summed E-state index contributed by atoms with van der Waals surface area (Å²) in [5, 5.41) is 12.4. The van der Waals surface area contributed by atoms with Crippen LogP contribution >= 0.6 is 0 Å². The number of hydrogen-bond donors (Lipinski definition) is 1. The van der Waals surface area contributed by atoms with Gasteiger partial charge in [0.1, 0.15) is 12.4 Å².